The summed E-state index contributed by atoms with van der Waals surface area (Å²) < 4.78 is 0. The Morgan fingerprint density at radius 1 is 1.05 bits per heavy atom. The Bertz CT molecular complexity index is 662. The van der Waals surface area contributed by atoms with Gasteiger partial charge in [-0.1, -0.05) is 58.7 Å². The lowest BCUT2D eigenvalue weighted by Gasteiger charge is -2.07. The van der Waals surface area contributed by atoms with E-state index >= 15 is 0 Å². The maximum absolute atomic E-state index is 8.65. The maximum atomic E-state index is 8.65. The molecule has 0 fully saturated rings. The van der Waals surface area contributed by atoms with E-state index in [0.717, 1.165) is 27.7 Å². The number of nitrogens with zero attached hydrogens (tertiary/aromatic N) is 1. The number of nitrogens with two attached hydrogens (primary N) is 1. The van der Waals surface area contributed by atoms with Gasteiger partial charge in [0, 0.05) is 27.1 Å². The molecular formula is C15H14Cl2N2OS. The average Bonchev–Trinajstić information content (AvgIpc) is 2.50. The molecule has 0 radical (unpaired) electrons. The largest absolute Gasteiger partial charge is 0.409 e. The molecule has 21 heavy (non-hydrogen) atoms. The predicted octanol–water partition coefficient (Wildman–Crippen LogP) is 4.52. The molecule has 2 rings (SSSR count). The molecule has 2 aromatic rings. The molecule has 0 spiro atoms. The average molecular weight is 341 g/mol. The highest BCUT2D eigenvalue weighted by atomic mass is 35.5. The summed E-state index contributed by atoms with van der Waals surface area (Å²) in [6.07, 6.45) is 0. The molecule has 0 aliphatic carbocycles. The van der Waals surface area contributed by atoms with Crippen LogP contribution in [0.25, 0.3) is 0 Å². The SMILES string of the molecule is N/C(=N/O)c1ccc(CSCc2ccccc2Cl)c(Cl)c1. The van der Waals surface area contributed by atoms with Crippen molar-refractivity contribution in [2.24, 2.45) is 10.9 Å². The highest BCUT2D eigenvalue weighted by Crippen LogP contribution is 2.26. The van der Waals surface area contributed by atoms with Crippen LogP contribution in [-0.2, 0) is 11.5 Å². The Labute approximate surface area is 137 Å². The van der Waals surface area contributed by atoms with Crippen LogP contribution < -0.4 is 5.73 Å². The Morgan fingerprint density at radius 3 is 2.33 bits per heavy atom. The van der Waals surface area contributed by atoms with Crippen LogP contribution in [0.5, 0.6) is 0 Å². The predicted molar refractivity (Wildman–Crippen MR) is 90.4 cm³/mol. The third kappa shape index (κ3) is 4.30. The van der Waals surface area contributed by atoms with Gasteiger partial charge in [0.15, 0.2) is 5.84 Å². The van der Waals surface area contributed by atoms with Gasteiger partial charge in [0.25, 0.3) is 0 Å². The van der Waals surface area contributed by atoms with Crippen molar-refractivity contribution in [3.05, 3.63) is 69.2 Å². The van der Waals surface area contributed by atoms with Gasteiger partial charge in [-0.2, -0.15) is 11.8 Å². The van der Waals surface area contributed by atoms with E-state index < -0.39 is 0 Å². The first kappa shape index (κ1) is 16.0. The molecule has 0 bridgehead atoms. The molecule has 6 heteroatoms. The van der Waals surface area contributed by atoms with E-state index in [4.69, 9.17) is 34.1 Å². The van der Waals surface area contributed by atoms with Crippen LogP contribution in [0.1, 0.15) is 16.7 Å². The first-order chi connectivity index (χ1) is 10.1. The minimum absolute atomic E-state index is 0.0483. The smallest absolute Gasteiger partial charge is 0.170 e. The molecule has 2 aromatic carbocycles. The fourth-order valence-corrected chi connectivity index (χ4v) is 3.42. The van der Waals surface area contributed by atoms with Gasteiger partial charge >= 0.3 is 0 Å². The standard InChI is InChI=1S/C15H14Cl2N2OS/c16-13-4-2-1-3-11(13)8-21-9-12-6-5-10(7-14(12)17)15(18)19-20/h1-7,20H,8-9H2,(H2,18,19). The van der Waals surface area contributed by atoms with Crippen LogP contribution in [-0.4, -0.2) is 11.0 Å². The second-order valence-corrected chi connectivity index (χ2v) is 6.18. The summed E-state index contributed by atoms with van der Waals surface area (Å²) >= 11 is 14.1. The van der Waals surface area contributed by atoms with Crippen molar-refractivity contribution in [1.82, 2.24) is 0 Å². The zero-order chi connectivity index (χ0) is 15.2. The lowest BCUT2D eigenvalue weighted by Crippen LogP contribution is -2.12. The molecule has 0 saturated heterocycles. The molecule has 0 aromatic heterocycles. The number of benzene rings is 2. The van der Waals surface area contributed by atoms with E-state index in [1.165, 1.54) is 0 Å². The van der Waals surface area contributed by atoms with Gasteiger partial charge in [-0.25, -0.2) is 0 Å². The summed E-state index contributed by atoms with van der Waals surface area (Å²) in [5.74, 6) is 1.63. The molecule has 0 aliphatic rings. The van der Waals surface area contributed by atoms with Gasteiger partial charge in [-0.15, -0.1) is 0 Å². The monoisotopic (exact) mass is 340 g/mol. The second kappa shape index (κ2) is 7.59. The van der Waals surface area contributed by atoms with Crippen molar-refractivity contribution < 1.29 is 5.21 Å². The Hall–Kier alpha value is -1.36. The number of hydrogen-bond acceptors (Lipinski definition) is 3. The van der Waals surface area contributed by atoms with E-state index in [2.05, 4.69) is 5.16 Å². The summed E-state index contributed by atoms with van der Waals surface area (Å²) in [7, 11) is 0. The molecule has 3 N–H and O–H groups in total. The van der Waals surface area contributed by atoms with Crippen molar-refractivity contribution in [2.45, 2.75) is 11.5 Å². The molecule has 110 valence electrons. The molecule has 0 amide bonds. The van der Waals surface area contributed by atoms with Crippen LogP contribution in [0.15, 0.2) is 47.6 Å². The molecule has 0 unspecified atom stereocenters. The number of amidine groups is 1. The van der Waals surface area contributed by atoms with Crippen molar-refractivity contribution in [1.29, 1.82) is 0 Å². The van der Waals surface area contributed by atoms with Gasteiger partial charge in [0.2, 0.25) is 0 Å². The summed E-state index contributed by atoms with van der Waals surface area (Å²) in [5.41, 5.74) is 8.24. The molecule has 0 heterocycles. The molecule has 0 atom stereocenters. The van der Waals surface area contributed by atoms with Crippen molar-refractivity contribution >= 4 is 40.8 Å². The number of thioether (sulfide) groups is 1. The van der Waals surface area contributed by atoms with Crippen LogP contribution in [0.3, 0.4) is 0 Å². The summed E-state index contributed by atoms with van der Waals surface area (Å²) in [6, 6.07) is 13.2. The zero-order valence-electron chi connectivity index (χ0n) is 11.1. The van der Waals surface area contributed by atoms with E-state index in [0.29, 0.717) is 10.6 Å². The van der Waals surface area contributed by atoms with E-state index in [9.17, 15) is 0 Å². The van der Waals surface area contributed by atoms with Gasteiger partial charge < -0.3 is 10.9 Å². The third-order valence-electron chi connectivity index (χ3n) is 2.93. The Morgan fingerprint density at radius 2 is 1.71 bits per heavy atom. The van der Waals surface area contributed by atoms with E-state index in [1.807, 2.05) is 30.3 Å². The van der Waals surface area contributed by atoms with Gasteiger partial charge in [0.05, 0.1) is 0 Å². The van der Waals surface area contributed by atoms with E-state index in [-0.39, 0.29) is 5.84 Å². The highest BCUT2D eigenvalue weighted by Gasteiger charge is 2.06. The minimum atomic E-state index is 0.0483. The number of halogens is 2. The Kier molecular flexibility index (Phi) is 5.79. The fraction of sp³-hybridized carbons (Fsp3) is 0.133. The van der Waals surface area contributed by atoms with Crippen LogP contribution in [0.2, 0.25) is 10.0 Å². The molecule has 0 saturated carbocycles. The summed E-state index contributed by atoms with van der Waals surface area (Å²) in [5, 5.41) is 13.0. The lowest BCUT2D eigenvalue weighted by molar-refractivity contribution is 0.318. The highest BCUT2D eigenvalue weighted by molar-refractivity contribution is 7.97. The first-order valence-electron chi connectivity index (χ1n) is 6.19. The van der Waals surface area contributed by atoms with Crippen LogP contribution >= 0.6 is 35.0 Å². The summed E-state index contributed by atoms with van der Waals surface area (Å²) in [6.45, 7) is 0. The van der Waals surface area contributed by atoms with Gasteiger partial charge in [0.1, 0.15) is 0 Å². The van der Waals surface area contributed by atoms with Gasteiger partial charge in [-0.3, -0.25) is 0 Å². The number of rotatable bonds is 5. The number of hydrogen-bond donors (Lipinski definition) is 2. The van der Waals surface area contributed by atoms with Crippen molar-refractivity contribution in [2.75, 3.05) is 0 Å². The summed E-state index contributed by atoms with van der Waals surface area (Å²) in [4.78, 5) is 0. The first-order valence-corrected chi connectivity index (χ1v) is 8.10. The van der Waals surface area contributed by atoms with Gasteiger partial charge in [-0.05, 0) is 23.3 Å². The van der Waals surface area contributed by atoms with E-state index in [1.54, 1.807) is 23.9 Å². The maximum Gasteiger partial charge on any atom is 0.170 e. The quantitative estimate of drug-likeness (QED) is 0.364. The fourth-order valence-electron chi connectivity index (χ4n) is 1.77. The second-order valence-electron chi connectivity index (χ2n) is 4.38. The van der Waals surface area contributed by atoms with Crippen molar-refractivity contribution in [3.63, 3.8) is 0 Å². The zero-order valence-corrected chi connectivity index (χ0v) is 13.4. The molecule has 0 aliphatic heterocycles. The molecular weight excluding hydrogens is 327 g/mol. The third-order valence-corrected chi connectivity index (χ3v) is 4.68. The lowest BCUT2D eigenvalue weighted by atomic mass is 10.1. The van der Waals surface area contributed by atoms with Crippen molar-refractivity contribution in [3.8, 4) is 0 Å². The molecule has 3 nitrogen and oxygen atoms in total. The number of oxime groups is 1. The Balaban J connectivity index is 1.99. The topological polar surface area (TPSA) is 58.6 Å². The normalized spacial score (nSPS) is 11.6. The van der Waals surface area contributed by atoms with Crippen LogP contribution in [0.4, 0.5) is 0 Å². The minimum Gasteiger partial charge on any atom is -0.409 e. The van der Waals surface area contributed by atoms with Crippen LogP contribution in [0, 0.1) is 0 Å².